The number of nitrogens with zero attached hydrogens (tertiary/aromatic N) is 3. The number of aryl methyl sites for hydroxylation is 1. The number of furan rings is 1. The molecule has 0 spiro atoms. The highest BCUT2D eigenvalue weighted by Crippen LogP contribution is 2.35. The Hall–Kier alpha value is -2.22. The Morgan fingerprint density at radius 2 is 2.00 bits per heavy atom. The SMILES string of the molecule is Cc1ccc(CN(C(=O)C2CCN(c3ncc(C(F)(F)F)cc3Cl)CC2)C(C)C)o1. The Labute approximate surface area is 178 Å². The van der Waals surface area contributed by atoms with Crippen molar-refractivity contribution in [3.8, 4) is 0 Å². The highest BCUT2D eigenvalue weighted by Gasteiger charge is 2.34. The van der Waals surface area contributed by atoms with E-state index in [-0.39, 0.29) is 22.9 Å². The topological polar surface area (TPSA) is 49.6 Å². The van der Waals surface area contributed by atoms with Crippen LogP contribution in [-0.2, 0) is 17.5 Å². The van der Waals surface area contributed by atoms with Gasteiger partial charge in [-0.2, -0.15) is 13.2 Å². The van der Waals surface area contributed by atoms with Crippen LogP contribution >= 0.6 is 11.6 Å². The maximum absolute atomic E-state index is 13.1. The molecule has 2 aromatic rings. The van der Waals surface area contributed by atoms with Gasteiger partial charge in [-0.05, 0) is 51.8 Å². The zero-order chi connectivity index (χ0) is 22.1. The Bertz CT molecular complexity index is 890. The van der Waals surface area contributed by atoms with Crippen LogP contribution in [0.1, 0.15) is 43.8 Å². The van der Waals surface area contributed by atoms with E-state index in [9.17, 15) is 18.0 Å². The van der Waals surface area contributed by atoms with Crippen LogP contribution in [0, 0.1) is 12.8 Å². The van der Waals surface area contributed by atoms with Gasteiger partial charge in [0, 0.05) is 31.2 Å². The molecule has 0 aromatic carbocycles. The van der Waals surface area contributed by atoms with Gasteiger partial charge in [0.1, 0.15) is 17.3 Å². The molecule has 1 saturated heterocycles. The van der Waals surface area contributed by atoms with Crippen LogP contribution in [0.2, 0.25) is 5.02 Å². The molecule has 2 aromatic heterocycles. The van der Waals surface area contributed by atoms with Gasteiger partial charge in [0.25, 0.3) is 0 Å². The van der Waals surface area contributed by atoms with Crippen molar-refractivity contribution in [3.63, 3.8) is 0 Å². The second kappa shape index (κ2) is 8.88. The standard InChI is InChI=1S/C21H25ClF3N3O2/c1-13(2)28(12-17-5-4-14(3)30-17)20(29)15-6-8-27(9-7-15)19-18(22)10-16(11-26-19)21(23,24)25/h4-5,10-11,13,15H,6-9,12H2,1-3H3. The van der Waals surface area contributed by atoms with Crippen LogP contribution in [0.3, 0.4) is 0 Å². The summed E-state index contributed by atoms with van der Waals surface area (Å²) in [5.74, 6) is 1.77. The zero-order valence-corrected chi connectivity index (χ0v) is 17.9. The molecule has 1 aliphatic heterocycles. The molecule has 5 nitrogen and oxygen atoms in total. The molecule has 0 atom stereocenters. The highest BCUT2D eigenvalue weighted by atomic mass is 35.5. The van der Waals surface area contributed by atoms with Crippen molar-refractivity contribution < 1.29 is 22.4 Å². The van der Waals surface area contributed by atoms with Crippen LogP contribution in [0.25, 0.3) is 0 Å². The number of pyridine rings is 1. The lowest BCUT2D eigenvalue weighted by Crippen LogP contribution is -2.45. The van der Waals surface area contributed by atoms with E-state index in [2.05, 4.69) is 4.98 Å². The van der Waals surface area contributed by atoms with Crippen LogP contribution in [0.15, 0.2) is 28.8 Å². The van der Waals surface area contributed by atoms with Gasteiger partial charge in [-0.15, -0.1) is 0 Å². The number of piperidine rings is 1. The summed E-state index contributed by atoms with van der Waals surface area (Å²) in [6.45, 7) is 7.21. The Morgan fingerprint density at radius 1 is 1.33 bits per heavy atom. The van der Waals surface area contributed by atoms with Crippen LogP contribution < -0.4 is 4.90 Å². The Kier molecular flexibility index (Phi) is 6.65. The van der Waals surface area contributed by atoms with E-state index in [1.807, 2.05) is 42.7 Å². The zero-order valence-electron chi connectivity index (χ0n) is 17.2. The predicted octanol–water partition coefficient (Wildman–Crippen LogP) is 5.31. The van der Waals surface area contributed by atoms with Crippen molar-refractivity contribution in [3.05, 3.63) is 46.5 Å². The van der Waals surface area contributed by atoms with Gasteiger partial charge >= 0.3 is 6.18 Å². The van der Waals surface area contributed by atoms with Crippen LogP contribution in [0.5, 0.6) is 0 Å². The fraction of sp³-hybridized carbons (Fsp3) is 0.524. The molecule has 9 heteroatoms. The molecule has 1 aliphatic rings. The molecule has 0 aliphatic carbocycles. The fourth-order valence-corrected chi connectivity index (χ4v) is 3.93. The van der Waals surface area contributed by atoms with E-state index in [4.69, 9.17) is 16.0 Å². The van der Waals surface area contributed by atoms with Gasteiger partial charge in [-0.1, -0.05) is 11.6 Å². The summed E-state index contributed by atoms with van der Waals surface area (Å²) < 4.78 is 44.1. The summed E-state index contributed by atoms with van der Waals surface area (Å²) >= 11 is 6.06. The number of rotatable bonds is 5. The van der Waals surface area contributed by atoms with Gasteiger partial charge in [-0.25, -0.2) is 4.98 Å². The van der Waals surface area contributed by atoms with Gasteiger partial charge in [0.2, 0.25) is 5.91 Å². The summed E-state index contributed by atoms with van der Waals surface area (Å²) in [5, 5.41) is -0.0356. The first-order valence-corrected chi connectivity index (χ1v) is 10.3. The summed E-state index contributed by atoms with van der Waals surface area (Å²) in [7, 11) is 0. The van der Waals surface area contributed by atoms with E-state index in [1.54, 1.807) is 0 Å². The van der Waals surface area contributed by atoms with E-state index in [0.717, 1.165) is 23.8 Å². The summed E-state index contributed by atoms with van der Waals surface area (Å²) in [6.07, 6.45) is -2.53. The number of carbonyl (C=O) groups excluding carboxylic acids is 1. The molecule has 164 valence electrons. The highest BCUT2D eigenvalue weighted by molar-refractivity contribution is 6.33. The molecular weight excluding hydrogens is 419 g/mol. The van der Waals surface area contributed by atoms with Crippen molar-refractivity contribution in [1.29, 1.82) is 0 Å². The minimum Gasteiger partial charge on any atom is -0.464 e. The average Bonchev–Trinajstić information content (AvgIpc) is 3.09. The van der Waals surface area contributed by atoms with Crippen molar-refractivity contribution >= 4 is 23.3 Å². The number of amides is 1. The molecule has 1 fully saturated rings. The number of halogens is 4. The maximum atomic E-state index is 13.1. The fourth-order valence-electron chi connectivity index (χ4n) is 3.64. The van der Waals surface area contributed by atoms with Crippen molar-refractivity contribution in [2.45, 2.75) is 52.4 Å². The smallest absolute Gasteiger partial charge is 0.417 e. The summed E-state index contributed by atoms with van der Waals surface area (Å²) in [6, 6.07) is 4.66. The third-order valence-electron chi connectivity index (χ3n) is 5.32. The molecule has 3 rings (SSSR count). The monoisotopic (exact) mass is 443 g/mol. The minimum absolute atomic E-state index is 0.0203. The molecular formula is C21H25ClF3N3O2. The third-order valence-corrected chi connectivity index (χ3v) is 5.60. The summed E-state index contributed by atoms with van der Waals surface area (Å²) in [5.41, 5.74) is -0.873. The number of aromatic nitrogens is 1. The molecule has 0 radical (unpaired) electrons. The minimum atomic E-state index is -4.48. The quantitative estimate of drug-likeness (QED) is 0.628. The Balaban J connectivity index is 1.64. The number of anilines is 1. The van der Waals surface area contributed by atoms with E-state index < -0.39 is 11.7 Å². The van der Waals surface area contributed by atoms with Crippen molar-refractivity contribution in [2.75, 3.05) is 18.0 Å². The average molecular weight is 444 g/mol. The van der Waals surface area contributed by atoms with Crippen LogP contribution in [-0.4, -0.2) is 34.9 Å². The first-order chi connectivity index (χ1) is 14.1. The second-order valence-electron chi connectivity index (χ2n) is 7.86. The molecule has 1 amide bonds. The van der Waals surface area contributed by atoms with E-state index in [1.165, 1.54) is 0 Å². The number of hydrogen-bond donors (Lipinski definition) is 0. The molecule has 0 N–H and O–H groups in total. The van der Waals surface area contributed by atoms with Crippen molar-refractivity contribution in [2.24, 2.45) is 5.92 Å². The van der Waals surface area contributed by atoms with Gasteiger partial charge < -0.3 is 14.2 Å². The largest absolute Gasteiger partial charge is 0.464 e. The van der Waals surface area contributed by atoms with Gasteiger partial charge in [0.05, 0.1) is 17.1 Å². The maximum Gasteiger partial charge on any atom is 0.417 e. The van der Waals surface area contributed by atoms with Crippen LogP contribution in [0.4, 0.5) is 19.0 Å². The van der Waals surface area contributed by atoms with E-state index >= 15 is 0 Å². The predicted molar refractivity (Wildman–Crippen MR) is 108 cm³/mol. The summed E-state index contributed by atoms with van der Waals surface area (Å²) in [4.78, 5) is 20.7. The lowest BCUT2D eigenvalue weighted by molar-refractivity contribution is -0.139. The number of carbonyl (C=O) groups is 1. The molecule has 0 unspecified atom stereocenters. The third kappa shape index (κ3) is 5.09. The Morgan fingerprint density at radius 3 is 2.50 bits per heavy atom. The number of hydrogen-bond acceptors (Lipinski definition) is 4. The molecule has 30 heavy (non-hydrogen) atoms. The van der Waals surface area contributed by atoms with Gasteiger partial charge in [0.15, 0.2) is 0 Å². The lowest BCUT2D eigenvalue weighted by atomic mass is 9.94. The molecule has 0 bridgehead atoms. The van der Waals surface area contributed by atoms with Crippen molar-refractivity contribution in [1.82, 2.24) is 9.88 Å². The van der Waals surface area contributed by atoms with E-state index in [0.29, 0.717) is 38.3 Å². The molecule has 3 heterocycles. The molecule has 0 saturated carbocycles. The first-order valence-electron chi connectivity index (χ1n) is 9.89. The lowest BCUT2D eigenvalue weighted by Gasteiger charge is -2.36. The number of alkyl halides is 3. The van der Waals surface area contributed by atoms with Gasteiger partial charge in [-0.3, -0.25) is 4.79 Å². The normalized spacial score (nSPS) is 15.7. The second-order valence-corrected chi connectivity index (χ2v) is 8.27. The first kappa shape index (κ1) is 22.5.